The summed E-state index contributed by atoms with van der Waals surface area (Å²) in [6, 6.07) is -0.0746. The molecule has 1 unspecified atom stereocenters. The van der Waals surface area contributed by atoms with Crippen LogP contribution in [0.2, 0.25) is 0 Å². The van der Waals surface area contributed by atoms with Crippen LogP contribution in [0, 0.1) is 0 Å². The van der Waals surface area contributed by atoms with Crippen molar-refractivity contribution in [2.24, 2.45) is 5.73 Å². The van der Waals surface area contributed by atoms with Crippen LogP contribution in [-0.4, -0.2) is 18.0 Å². The molecule has 0 heterocycles. The van der Waals surface area contributed by atoms with Crippen molar-refractivity contribution in [3.8, 4) is 0 Å². The van der Waals surface area contributed by atoms with Gasteiger partial charge >= 0.3 is 0 Å². The van der Waals surface area contributed by atoms with Crippen molar-refractivity contribution in [1.82, 2.24) is 5.32 Å². The van der Waals surface area contributed by atoms with Crippen molar-refractivity contribution < 1.29 is 4.79 Å². The Balaban J connectivity index is 3.69. The third-order valence-corrected chi connectivity index (χ3v) is 2.32. The van der Waals surface area contributed by atoms with E-state index in [-0.39, 0.29) is 18.0 Å². The van der Waals surface area contributed by atoms with Crippen LogP contribution in [-0.2, 0) is 4.79 Å². The highest BCUT2D eigenvalue weighted by molar-refractivity contribution is 5.81. The maximum atomic E-state index is 11.5. The first-order valence-electron chi connectivity index (χ1n) is 5.67. The van der Waals surface area contributed by atoms with Gasteiger partial charge in [-0.2, -0.15) is 0 Å². The first-order chi connectivity index (χ1) is 6.61. The van der Waals surface area contributed by atoms with Crippen LogP contribution in [0.4, 0.5) is 0 Å². The fourth-order valence-electron chi connectivity index (χ4n) is 1.37. The van der Waals surface area contributed by atoms with Crippen molar-refractivity contribution in [2.75, 3.05) is 0 Å². The Kier molecular flexibility index (Phi) is 7.48. The molecule has 0 radical (unpaired) electrons. The van der Waals surface area contributed by atoms with Crippen LogP contribution in [0.5, 0.6) is 0 Å². The zero-order valence-corrected chi connectivity index (χ0v) is 9.68. The van der Waals surface area contributed by atoms with E-state index in [0.717, 1.165) is 25.7 Å². The third-order valence-electron chi connectivity index (χ3n) is 2.32. The summed E-state index contributed by atoms with van der Waals surface area (Å²) >= 11 is 0. The molecule has 2 atom stereocenters. The zero-order valence-electron chi connectivity index (χ0n) is 9.68. The molecule has 0 rings (SSSR count). The highest BCUT2D eigenvalue weighted by Crippen LogP contribution is 2.00. The van der Waals surface area contributed by atoms with Gasteiger partial charge in [-0.25, -0.2) is 0 Å². The van der Waals surface area contributed by atoms with E-state index in [2.05, 4.69) is 12.2 Å². The molecule has 0 saturated heterocycles. The molecule has 0 aromatic heterocycles. The summed E-state index contributed by atoms with van der Waals surface area (Å²) < 4.78 is 0. The van der Waals surface area contributed by atoms with Crippen molar-refractivity contribution in [3.63, 3.8) is 0 Å². The minimum absolute atomic E-state index is 0.00421. The Morgan fingerprint density at radius 1 is 1.29 bits per heavy atom. The smallest absolute Gasteiger partial charge is 0.237 e. The van der Waals surface area contributed by atoms with Gasteiger partial charge in [0.25, 0.3) is 0 Å². The summed E-state index contributed by atoms with van der Waals surface area (Å²) in [5.41, 5.74) is 5.69. The van der Waals surface area contributed by atoms with Crippen LogP contribution in [0.3, 0.4) is 0 Å². The summed E-state index contributed by atoms with van der Waals surface area (Å²) in [6.45, 7) is 6.22. The Bertz CT molecular complexity index is 159. The largest absolute Gasteiger partial charge is 0.352 e. The minimum Gasteiger partial charge on any atom is -0.352 e. The number of unbranched alkanes of at least 4 members (excludes halogenated alkanes) is 1. The normalized spacial score (nSPS) is 14.9. The lowest BCUT2D eigenvalue weighted by Crippen LogP contribution is -2.44. The molecule has 0 aliphatic heterocycles. The van der Waals surface area contributed by atoms with Crippen molar-refractivity contribution in [3.05, 3.63) is 0 Å². The zero-order chi connectivity index (χ0) is 11.0. The molecule has 0 bridgehead atoms. The van der Waals surface area contributed by atoms with Crippen molar-refractivity contribution >= 4 is 5.91 Å². The summed E-state index contributed by atoms with van der Waals surface area (Å²) in [5, 5.41) is 2.94. The van der Waals surface area contributed by atoms with E-state index >= 15 is 0 Å². The van der Waals surface area contributed by atoms with Gasteiger partial charge in [-0.05, 0) is 19.8 Å². The lowest BCUT2D eigenvalue weighted by molar-refractivity contribution is -0.123. The average Bonchev–Trinajstić information content (AvgIpc) is 2.15. The number of hydrogen-bond acceptors (Lipinski definition) is 2. The molecule has 1 amide bonds. The average molecular weight is 200 g/mol. The molecule has 0 spiro atoms. The number of rotatable bonds is 7. The molecule has 3 nitrogen and oxygen atoms in total. The maximum absolute atomic E-state index is 11.5. The molecule has 3 heteroatoms. The maximum Gasteiger partial charge on any atom is 0.237 e. The molecule has 0 aliphatic carbocycles. The molecule has 0 aliphatic rings. The predicted molar refractivity (Wildman–Crippen MR) is 60.0 cm³/mol. The van der Waals surface area contributed by atoms with Crippen molar-refractivity contribution in [2.45, 2.75) is 65.0 Å². The first-order valence-corrected chi connectivity index (χ1v) is 5.67. The Morgan fingerprint density at radius 3 is 2.43 bits per heavy atom. The van der Waals surface area contributed by atoms with Gasteiger partial charge in [0.05, 0.1) is 6.04 Å². The topological polar surface area (TPSA) is 55.1 Å². The second-order valence-corrected chi connectivity index (χ2v) is 3.95. The van der Waals surface area contributed by atoms with Crippen LogP contribution in [0.1, 0.15) is 52.9 Å². The monoisotopic (exact) mass is 200 g/mol. The summed E-state index contributed by atoms with van der Waals surface area (Å²) in [4.78, 5) is 11.5. The molecule has 0 saturated carbocycles. The minimum atomic E-state index is -0.330. The van der Waals surface area contributed by atoms with E-state index < -0.39 is 0 Å². The fraction of sp³-hybridized carbons (Fsp3) is 0.909. The van der Waals surface area contributed by atoms with Crippen molar-refractivity contribution in [1.29, 1.82) is 0 Å². The molecule has 0 aromatic carbocycles. The van der Waals surface area contributed by atoms with E-state index in [1.54, 1.807) is 0 Å². The van der Waals surface area contributed by atoms with E-state index in [9.17, 15) is 4.79 Å². The van der Waals surface area contributed by atoms with Gasteiger partial charge in [0.1, 0.15) is 0 Å². The molecule has 84 valence electrons. The van der Waals surface area contributed by atoms with Crippen LogP contribution in [0.15, 0.2) is 0 Å². The van der Waals surface area contributed by atoms with E-state index in [4.69, 9.17) is 5.73 Å². The van der Waals surface area contributed by atoms with Crippen LogP contribution < -0.4 is 11.1 Å². The summed E-state index contributed by atoms with van der Waals surface area (Å²) in [6.07, 6.45) is 5.09. The van der Waals surface area contributed by atoms with Gasteiger partial charge in [-0.3, -0.25) is 4.79 Å². The van der Waals surface area contributed by atoms with Crippen LogP contribution >= 0.6 is 0 Å². The molecular formula is C11H24N2O. The fourth-order valence-corrected chi connectivity index (χ4v) is 1.37. The summed E-state index contributed by atoms with van der Waals surface area (Å²) in [7, 11) is 0. The quantitative estimate of drug-likeness (QED) is 0.658. The number of carbonyl (C=O) groups is 1. The van der Waals surface area contributed by atoms with E-state index in [1.165, 1.54) is 6.42 Å². The number of carbonyl (C=O) groups excluding carboxylic acids is 1. The number of nitrogens with one attached hydrogen (secondary N) is 1. The molecule has 0 fully saturated rings. The number of amides is 1. The highest BCUT2D eigenvalue weighted by Gasteiger charge is 2.13. The van der Waals surface area contributed by atoms with E-state index in [0.29, 0.717) is 0 Å². The second kappa shape index (κ2) is 7.80. The molecular weight excluding hydrogens is 176 g/mol. The number of hydrogen-bond donors (Lipinski definition) is 2. The standard InChI is InChI=1S/C11H24N2O/c1-4-6-8-9(3)13-11(14)10(12)7-5-2/h9-10H,4-8,12H2,1-3H3,(H,13,14)/t9?,10-/m0/s1. The van der Waals surface area contributed by atoms with Gasteiger partial charge in [0, 0.05) is 6.04 Å². The predicted octanol–water partition coefficient (Wildman–Crippen LogP) is 1.81. The highest BCUT2D eigenvalue weighted by atomic mass is 16.2. The lowest BCUT2D eigenvalue weighted by Gasteiger charge is -2.16. The van der Waals surface area contributed by atoms with Crippen LogP contribution in [0.25, 0.3) is 0 Å². The van der Waals surface area contributed by atoms with Gasteiger partial charge in [-0.1, -0.05) is 33.1 Å². The molecule has 3 N–H and O–H groups in total. The first kappa shape index (κ1) is 13.4. The van der Waals surface area contributed by atoms with Gasteiger partial charge in [0.2, 0.25) is 5.91 Å². The Hall–Kier alpha value is -0.570. The Morgan fingerprint density at radius 2 is 1.93 bits per heavy atom. The SMILES string of the molecule is CCCCC(C)NC(=O)[C@@H](N)CCC. The van der Waals surface area contributed by atoms with E-state index in [1.807, 2.05) is 13.8 Å². The molecule has 14 heavy (non-hydrogen) atoms. The van der Waals surface area contributed by atoms with Gasteiger partial charge in [-0.15, -0.1) is 0 Å². The van der Waals surface area contributed by atoms with Gasteiger partial charge in [0.15, 0.2) is 0 Å². The lowest BCUT2D eigenvalue weighted by atomic mass is 10.1. The Labute approximate surface area is 87.4 Å². The number of nitrogens with two attached hydrogens (primary N) is 1. The van der Waals surface area contributed by atoms with Gasteiger partial charge < -0.3 is 11.1 Å². The molecule has 0 aromatic rings. The third kappa shape index (κ3) is 5.97. The second-order valence-electron chi connectivity index (χ2n) is 3.95. The summed E-state index contributed by atoms with van der Waals surface area (Å²) in [5.74, 6) is -0.00421.